The lowest BCUT2D eigenvalue weighted by molar-refractivity contribution is -0.133. The lowest BCUT2D eigenvalue weighted by Gasteiger charge is -2.35. The molecule has 0 aliphatic carbocycles. The van der Waals surface area contributed by atoms with Crippen molar-refractivity contribution in [2.75, 3.05) is 26.2 Å². The van der Waals surface area contributed by atoms with Crippen LogP contribution in [0, 0.1) is 13.8 Å². The minimum absolute atomic E-state index is 0.105. The van der Waals surface area contributed by atoms with Crippen LogP contribution in [-0.2, 0) is 17.8 Å². The number of rotatable bonds is 5. The first-order chi connectivity index (χ1) is 16.0. The molecule has 1 fully saturated rings. The number of nitrogens with zero attached hydrogens (tertiary/aromatic N) is 3. The van der Waals surface area contributed by atoms with E-state index in [-0.39, 0.29) is 11.5 Å². The first kappa shape index (κ1) is 21.8. The number of amides is 1. The highest BCUT2D eigenvalue weighted by Crippen LogP contribution is 2.26. The SMILES string of the molecule is Cc1sc2nc(CCC(=O)N3CCN(Cc4cccc5ccccc45)CC3)[nH]c(=O)c2c1C. The Morgan fingerprint density at radius 2 is 1.82 bits per heavy atom. The molecule has 3 heterocycles. The molecule has 33 heavy (non-hydrogen) atoms. The molecule has 6 nitrogen and oxygen atoms in total. The summed E-state index contributed by atoms with van der Waals surface area (Å²) in [5, 5.41) is 3.24. The number of benzene rings is 2. The summed E-state index contributed by atoms with van der Waals surface area (Å²) in [7, 11) is 0. The highest BCUT2D eigenvalue weighted by atomic mass is 32.1. The molecule has 0 unspecified atom stereocenters. The van der Waals surface area contributed by atoms with Gasteiger partial charge in [0, 0.05) is 50.4 Å². The molecule has 5 rings (SSSR count). The number of nitrogens with one attached hydrogen (secondary N) is 1. The fourth-order valence-electron chi connectivity index (χ4n) is 4.63. The molecule has 0 spiro atoms. The van der Waals surface area contributed by atoms with Crippen molar-refractivity contribution in [2.24, 2.45) is 0 Å². The van der Waals surface area contributed by atoms with Gasteiger partial charge in [-0.2, -0.15) is 0 Å². The fourth-order valence-corrected chi connectivity index (χ4v) is 5.68. The van der Waals surface area contributed by atoms with Crippen molar-refractivity contribution < 1.29 is 4.79 Å². The summed E-state index contributed by atoms with van der Waals surface area (Å²) in [4.78, 5) is 39.0. The molecule has 0 atom stereocenters. The summed E-state index contributed by atoms with van der Waals surface area (Å²) in [6, 6.07) is 14.9. The number of aromatic amines is 1. The van der Waals surface area contributed by atoms with Crippen LogP contribution in [0.5, 0.6) is 0 Å². The molecule has 1 aliphatic rings. The third kappa shape index (κ3) is 4.43. The van der Waals surface area contributed by atoms with Crippen molar-refractivity contribution in [3.8, 4) is 0 Å². The van der Waals surface area contributed by atoms with Crippen LogP contribution in [0.25, 0.3) is 21.0 Å². The first-order valence-electron chi connectivity index (χ1n) is 11.5. The molecule has 4 aromatic rings. The molecule has 7 heteroatoms. The number of carbonyl (C=O) groups is 1. The van der Waals surface area contributed by atoms with Crippen molar-refractivity contribution in [1.82, 2.24) is 19.8 Å². The quantitative estimate of drug-likeness (QED) is 0.488. The Balaban J connectivity index is 1.17. The van der Waals surface area contributed by atoms with Crippen LogP contribution in [0.1, 0.15) is 28.2 Å². The molecular weight excluding hydrogens is 432 g/mol. The Kier molecular flexibility index (Phi) is 6.00. The van der Waals surface area contributed by atoms with Crippen molar-refractivity contribution >= 4 is 38.2 Å². The maximum Gasteiger partial charge on any atom is 0.259 e. The molecule has 1 amide bonds. The highest BCUT2D eigenvalue weighted by Gasteiger charge is 2.22. The molecule has 2 aromatic carbocycles. The Hall–Kier alpha value is -3.03. The van der Waals surface area contributed by atoms with E-state index in [9.17, 15) is 9.59 Å². The smallest absolute Gasteiger partial charge is 0.259 e. The number of aromatic nitrogens is 2. The summed E-state index contributed by atoms with van der Waals surface area (Å²) >= 11 is 1.54. The van der Waals surface area contributed by atoms with Crippen LogP contribution < -0.4 is 5.56 Å². The van der Waals surface area contributed by atoms with Gasteiger partial charge in [-0.3, -0.25) is 14.5 Å². The average molecular weight is 461 g/mol. The van der Waals surface area contributed by atoms with E-state index in [0.717, 1.165) is 48.0 Å². The standard InChI is InChI=1S/C26H28N4O2S/c1-17-18(2)33-26-24(17)25(32)27-22(28-26)10-11-23(31)30-14-12-29(13-15-30)16-20-8-5-7-19-6-3-4-9-21(19)20/h3-9H,10-16H2,1-2H3,(H,27,28,32). The van der Waals surface area contributed by atoms with E-state index in [0.29, 0.717) is 24.1 Å². The number of H-pyrrole nitrogens is 1. The van der Waals surface area contributed by atoms with E-state index in [1.54, 1.807) is 0 Å². The first-order valence-corrected chi connectivity index (χ1v) is 12.3. The molecule has 1 N–H and O–H groups in total. The summed E-state index contributed by atoms with van der Waals surface area (Å²) < 4.78 is 0. The lowest BCUT2D eigenvalue weighted by Crippen LogP contribution is -2.48. The van der Waals surface area contributed by atoms with Gasteiger partial charge < -0.3 is 9.88 Å². The van der Waals surface area contributed by atoms with E-state index in [1.165, 1.54) is 27.7 Å². The number of thiophene rings is 1. The fraction of sp³-hybridized carbons (Fsp3) is 0.346. The second-order valence-electron chi connectivity index (χ2n) is 8.77. The zero-order valence-corrected chi connectivity index (χ0v) is 19.9. The third-order valence-electron chi connectivity index (χ3n) is 6.66. The number of piperazine rings is 1. The third-order valence-corrected chi connectivity index (χ3v) is 7.76. The van der Waals surface area contributed by atoms with Crippen LogP contribution in [0.4, 0.5) is 0 Å². The lowest BCUT2D eigenvalue weighted by atomic mass is 10.0. The van der Waals surface area contributed by atoms with Gasteiger partial charge in [0.1, 0.15) is 10.7 Å². The Bertz CT molecular complexity index is 1380. The van der Waals surface area contributed by atoms with Crippen molar-refractivity contribution in [1.29, 1.82) is 0 Å². The van der Waals surface area contributed by atoms with Gasteiger partial charge in [0.05, 0.1) is 5.39 Å². The van der Waals surface area contributed by atoms with Crippen LogP contribution >= 0.6 is 11.3 Å². The summed E-state index contributed by atoms with van der Waals surface area (Å²) in [6.07, 6.45) is 0.817. The van der Waals surface area contributed by atoms with Crippen molar-refractivity contribution in [3.05, 3.63) is 74.6 Å². The molecule has 1 saturated heterocycles. The van der Waals surface area contributed by atoms with Gasteiger partial charge in [0.15, 0.2) is 0 Å². The van der Waals surface area contributed by atoms with Crippen molar-refractivity contribution in [2.45, 2.75) is 33.2 Å². The molecular formula is C26H28N4O2S. The summed E-state index contributed by atoms with van der Waals surface area (Å²) in [6.45, 7) is 8.05. The number of hydrogen-bond donors (Lipinski definition) is 1. The number of hydrogen-bond acceptors (Lipinski definition) is 5. The number of aryl methyl sites for hydroxylation is 3. The molecule has 0 saturated carbocycles. The van der Waals surface area contributed by atoms with Crippen LogP contribution in [0.3, 0.4) is 0 Å². The maximum atomic E-state index is 12.8. The van der Waals surface area contributed by atoms with Crippen LogP contribution in [0.15, 0.2) is 47.3 Å². The predicted octanol–water partition coefficient (Wildman–Crippen LogP) is 4.03. The molecule has 2 aromatic heterocycles. The Morgan fingerprint density at radius 1 is 1.06 bits per heavy atom. The van der Waals surface area contributed by atoms with Gasteiger partial charge in [-0.05, 0) is 35.7 Å². The molecule has 0 radical (unpaired) electrons. The van der Waals surface area contributed by atoms with Gasteiger partial charge in [-0.1, -0.05) is 42.5 Å². The van der Waals surface area contributed by atoms with Gasteiger partial charge in [-0.15, -0.1) is 11.3 Å². The predicted molar refractivity (Wildman–Crippen MR) is 134 cm³/mol. The van der Waals surface area contributed by atoms with E-state index < -0.39 is 0 Å². The maximum absolute atomic E-state index is 12.8. The minimum Gasteiger partial charge on any atom is -0.340 e. The minimum atomic E-state index is -0.105. The monoisotopic (exact) mass is 460 g/mol. The second-order valence-corrected chi connectivity index (χ2v) is 9.97. The van der Waals surface area contributed by atoms with E-state index in [2.05, 4.69) is 57.3 Å². The topological polar surface area (TPSA) is 69.3 Å². The average Bonchev–Trinajstić information content (AvgIpc) is 3.12. The highest BCUT2D eigenvalue weighted by molar-refractivity contribution is 7.18. The van der Waals surface area contributed by atoms with E-state index in [1.807, 2.05) is 18.7 Å². The van der Waals surface area contributed by atoms with E-state index in [4.69, 9.17) is 0 Å². The largest absolute Gasteiger partial charge is 0.340 e. The number of carbonyl (C=O) groups excluding carboxylic acids is 1. The Morgan fingerprint density at radius 3 is 2.64 bits per heavy atom. The molecule has 170 valence electrons. The van der Waals surface area contributed by atoms with Crippen LogP contribution in [0.2, 0.25) is 0 Å². The molecule has 0 bridgehead atoms. The summed E-state index contributed by atoms with van der Waals surface area (Å²) in [5.74, 6) is 0.720. The van der Waals surface area contributed by atoms with E-state index >= 15 is 0 Å². The van der Waals surface area contributed by atoms with Gasteiger partial charge in [0.2, 0.25) is 5.91 Å². The van der Waals surface area contributed by atoms with Crippen molar-refractivity contribution in [3.63, 3.8) is 0 Å². The second kappa shape index (κ2) is 9.08. The van der Waals surface area contributed by atoms with Gasteiger partial charge >= 0.3 is 0 Å². The number of fused-ring (bicyclic) bond motifs is 2. The summed E-state index contributed by atoms with van der Waals surface area (Å²) in [5.41, 5.74) is 2.22. The molecule has 1 aliphatic heterocycles. The zero-order valence-electron chi connectivity index (χ0n) is 19.1. The Labute approximate surface area is 196 Å². The normalized spacial score (nSPS) is 14.9. The zero-order chi connectivity index (χ0) is 22.9. The van der Waals surface area contributed by atoms with Gasteiger partial charge in [0.25, 0.3) is 5.56 Å². The van der Waals surface area contributed by atoms with Crippen LogP contribution in [-0.4, -0.2) is 51.9 Å². The van der Waals surface area contributed by atoms with Gasteiger partial charge in [-0.25, -0.2) is 4.98 Å².